The number of carbonyl (C=O) groups is 1. The highest BCUT2D eigenvalue weighted by Crippen LogP contribution is 2.28. The first-order valence-electron chi connectivity index (χ1n) is 8.51. The van der Waals surface area contributed by atoms with Crippen molar-refractivity contribution in [1.29, 1.82) is 0 Å². The first-order valence-corrected chi connectivity index (χ1v) is 8.51. The van der Waals surface area contributed by atoms with Crippen molar-refractivity contribution < 1.29 is 9.90 Å². The molecule has 24 heavy (non-hydrogen) atoms. The van der Waals surface area contributed by atoms with Crippen molar-refractivity contribution in [1.82, 2.24) is 15.0 Å². The lowest BCUT2D eigenvalue weighted by molar-refractivity contribution is -0.137. The van der Waals surface area contributed by atoms with Crippen LogP contribution in [0.3, 0.4) is 0 Å². The van der Waals surface area contributed by atoms with E-state index in [0.717, 1.165) is 62.3 Å². The lowest BCUT2D eigenvalue weighted by Crippen LogP contribution is -2.09. The quantitative estimate of drug-likeness (QED) is 0.725. The van der Waals surface area contributed by atoms with Gasteiger partial charge in [-0.15, -0.1) is 0 Å². The standard InChI is InChI=1S/C18H22N4O2/c23-16(24)10-2-1-4-12-20-17-13-7-6-9-14(13)21-18(22-17)15-8-3-5-11-19-15/h3,5,8,11H,1-2,4,6-7,9-10,12H2,(H,23,24)(H,20,21,22). The monoisotopic (exact) mass is 326 g/mol. The lowest BCUT2D eigenvalue weighted by Gasteiger charge is -2.12. The highest BCUT2D eigenvalue weighted by atomic mass is 16.4. The minimum Gasteiger partial charge on any atom is -0.481 e. The molecular formula is C18H22N4O2. The average molecular weight is 326 g/mol. The van der Waals surface area contributed by atoms with Gasteiger partial charge in [-0.2, -0.15) is 0 Å². The second-order valence-corrected chi connectivity index (χ2v) is 6.02. The van der Waals surface area contributed by atoms with Crippen LogP contribution in [0.15, 0.2) is 24.4 Å². The number of nitrogens with zero attached hydrogens (tertiary/aromatic N) is 3. The Morgan fingerprint density at radius 3 is 2.88 bits per heavy atom. The number of aryl methyl sites for hydroxylation is 1. The first kappa shape index (κ1) is 16.4. The van der Waals surface area contributed by atoms with Gasteiger partial charge in [0.05, 0.1) is 0 Å². The third kappa shape index (κ3) is 4.07. The van der Waals surface area contributed by atoms with Crippen molar-refractivity contribution in [3.8, 4) is 11.5 Å². The third-order valence-electron chi connectivity index (χ3n) is 4.19. The topological polar surface area (TPSA) is 88.0 Å². The first-order chi connectivity index (χ1) is 11.7. The number of fused-ring (bicyclic) bond motifs is 1. The molecule has 2 N–H and O–H groups in total. The summed E-state index contributed by atoms with van der Waals surface area (Å²) in [6.45, 7) is 0.796. The molecule has 0 spiro atoms. The minimum atomic E-state index is -0.725. The molecule has 0 amide bonds. The Hall–Kier alpha value is -2.50. The van der Waals surface area contributed by atoms with E-state index < -0.39 is 5.97 Å². The van der Waals surface area contributed by atoms with Crippen molar-refractivity contribution in [3.63, 3.8) is 0 Å². The summed E-state index contributed by atoms with van der Waals surface area (Å²) in [5.41, 5.74) is 3.14. The average Bonchev–Trinajstić information content (AvgIpc) is 3.07. The molecule has 2 aromatic rings. The summed E-state index contributed by atoms with van der Waals surface area (Å²) in [5.74, 6) is 0.859. The van der Waals surface area contributed by atoms with Crippen LogP contribution in [0.4, 0.5) is 5.82 Å². The Morgan fingerprint density at radius 1 is 1.17 bits per heavy atom. The van der Waals surface area contributed by atoms with Crippen LogP contribution in [0.2, 0.25) is 0 Å². The van der Waals surface area contributed by atoms with Crippen molar-refractivity contribution in [2.24, 2.45) is 0 Å². The molecule has 0 unspecified atom stereocenters. The number of carboxylic acids is 1. The summed E-state index contributed by atoms with van der Waals surface area (Å²) in [4.78, 5) is 24.2. The van der Waals surface area contributed by atoms with E-state index in [1.54, 1.807) is 6.20 Å². The molecule has 0 aromatic carbocycles. The minimum absolute atomic E-state index is 0.243. The number of hydrogen-bond acceptors (Lipinski definition) is 5. The van der Waals surface area contributed by atoms with Crippen molar-refractivity contribution in [3.05, 3.63) is 35.7 Å². The number of unbranched alkanes of at least 4 members (excludes halogenated alkanes) is 2. The number of pyridine rings is 1. The predicted molar refractivity (Wildman–Crippen MR) is 91.9 cm³/mol. The number of rotatable bonds is 8. The van der Waals surface area contributed by atoms with E-state index >= 15 is 0 Å². The van der Waals surface area contributed by atoms with Gasteiger partial charge in [0.15, 0.2) is 5.82 Å². The smallest absolute Gasteiger partial charge is 0.303 e. The fraction of sp³-hybridized carbons (Fsp3) is 0.444. The van der Waals surface area contributed by atoms with Crippen LogP contribution in [0.1, 0.15) is 43.4 Å². The molecule has 0 bridgehead atoms. The molecule has 0 atom stereocenters. The number of aromatic nitrogens is 3. The second-order valence-electron chi connectivity index (χ2n) is 6.02. The molecule has 0 aliphatic heterocycles. The van der Waals surface area contributed by atoms with Gasteiger partial charge in [0.1, 0.15) is 11.5 Å². The normalized spacial score (nSPS) is 12.8. The number of hydrogen-bond donors (Lipinski definition) is 2. The van der Waals surface area contributed by atoms with Crippen LogP contribution >= 0.6 is 0 Å². The van der Waals surface area contributed by atoms with Crippen molar-refractivity contribution in [2.45, 2.75) is 44.9 Å². The zero-order chi connectivity index (χ0) is 16.8. The third-order valence-corrected chi connectivity index (χ3v) is 4.19. The van der Waals surface area contributed by atoms with E-state index in [-0.39, 0.29) is 6.42 Å². The van der Waals surface area contributed by atoms with Crippen LogP contribution in [-0.4, -0.2) is 32.6 Å². The summed E-state index contributed by atoms with van der Waals surface area (Å²) < 4.78 is 0. The maximum absolute atomic E-state index is 10.5. The fourth-order valence-electron chi connectivity index (χ4n) is 2.97. The molecule has 0 fully saturated rings. The molecule has 0 radical (unpaired) electrons. The molecule has 1 aliphatic rings. The molecule has 6 nitrogen and oxygen atoms in total. The molecule has 2 aromatic heterocycles. The summed E-state index contributed by atoms with van der Waals surface area (Å²) >= 11 is 0. The van der Waals surface area contributed by atoms with Gasteiger partial charge in [0, 0.05) is 30.4 Å². The Morgan fingerprint density at radius 2 is 2.08 bits per heavy atom. The van der Waals surface area contributed by atoms with Gasteiger partial charge in [-0.3, -0.25) is 9.78 Å². The van der Waals surface area contributed by atoms with E-state index in [1.165, 1.54) is 5.56 Å². The Bertz CT molecular complexity index is 704. The highest BCUT2D eigenvalue weighted by Gasteiger charge is 2.20. The molecule has 0 saturated carbocycles. The van der Waals surface area contributed by atoms with Gasteiger partial charge in [0.2, 0.25) is 0 Å². The van der Waals surface area contributed by atoms with Crippen LogP contribution in [0.5, 0.6) is 0 Å². The van der Waals surface area contributed by atoms with Crippen LogP contribution in [0, 0.1) is 0 Å². The zero-order valence-corrected chi connectivity index (χ0v) is 13.7. The number of anilines is 1. The molecule has 0 saturated heterocycles. The molecule has 126 valence electrons. The number of aliphatic carboxylic acids is 1. The van der Waals surface area contributed by atoms with E-state index in [1.807, 2.05) is 18.2 Å². The van der Waals surface area contributed by atoms with E-state index in [4.69, 9.17) is 5.11 Å². The van der Waals surface area contributed by atoms with Gasteiger partial charge in [-0.1, -0.05) is 12.5 Å². The Kier molecular flexibility index (Phi) is 5.36. The van der Waals surface area contributed by atoms with Crippen LogP contribution in [-0.2, 0) is 17.6 Å². The summed E-state index contributed by atoms with van der Waals surface area (Å²) in [7, 11) is 0. The van der Waals surface area contributed by atoms with E-state index in [0.29, 0.717) is 5.82 Å². The molecule has 2 heterocycles. The van der Waals surface area contributed by atoms with Crippen molar-refractivity contribution >= 4 is 11.8 Å². The molecule has 3 rings (SSSR count). The Labute approximate surface area is 141 Å². The molecule has 6 heteroatoms. The zero-order valence-electron chi connectivity index (χ0n) is 13.7. The highest BCUT2D eigenvalue weighted by molar-refractivity contribution is 5.66. The SMILES string of the molecule is O=C(O)CCCCCNc1nc(-c2ccccn2)nc2c1CCC2. The second kappa shape index (κ2) is 7.86. The lowest BCUT2D eigenvalue weighted by atomic mass is 10.2. The summed E-state index contributed by atoms with van der Waals surface area (Å²) in [6, 6.07) is 5.74. The van der Waals surface area contributed by atoms with Gasteiger partial charge >= 0.3 is 5.97 Å². The number of carboxylic acid groups (broad SMARTS) is 1. The maximum Gasteiger partial charge on any atom is 0.303 e. The van der Waals surface area contributed by atoms with Gasteiger partial charge < -0.3 is 10.4 Å². The Balaban J connectivity index is 1.66. The molecule has 1 aliphatic carbocycles. The van der Waals surface area contributed by atoms with Crippen LogP contribution in [0.25, 0.3) is 11.5 Å². The van der Waals surface area contributed by atoms with Crippen molar-refractivity contribution in [2.75, 3.05) is 11.9 Å². The van der Waals surface area contributed by atoms with Gasteiger partial charge in [-0.25, -0.2) is 9.97 Å². The number of nitrogens with one attached hydrogen (secondary N) is 1. The van der Waals surface area contributed by atoms with Gasteiger partial charge in [-0.05, 0) is 44.2 Å². The van der Waals surface area contributed by atoms with E-state index in [2.05, 4.69) is 20.3 Å². The molecular weight excluding hydrogens is 304 g/mol. The predicted octanol–water partition coefficient (Wildman–Crippen LogP) is 3.08. The maximum atomic E-state index is 10.5. The van der Waals surface area contributed by atoms with Crippen LogP contribution < -0.4 is 5.32 Å². The fourth-order valence-corrected chi connectivity index (χ4v) is 2.97. The van der Waals surface area contributed by atoms with E-state index in [9.17, 15) is 4.79 Å². The summed E-state index contributed by atoms with van der Waals surface area (Å²) in [5, 5.41) is 12.1. The largest absolute Gasteiger partial charge is 0.481 e. The summed E-state index contributed by atoms with van der Waals surface area (Å²) in [6.07, 6.45) is 7.67. The van der Waals surface area contributed by atoms with Gasteiger partial charge in [0.25, 0.3) is 0 Å².